The van der Waals surface area contributed by atoms with Crippen LogP contribution in [-0.2, 0) is 14.3 Å². The molecule has 1 N–H and O–H groups in total. The number of nitrogens with zero attached hydrogens (tertiary/aromatic N) is 3. The second kappa shape index (κ2) is 8.90. The van der Waals surface area contributed by atoms with Crippen LogP contribution < -0.4 is 4.74 Å². The van der Waals surface area contributed by atoms with Crippen LogP contribution in [0.4, 0.5) is 0 Å². The molecule has 1 amide bonds. The van der Waals surface area contributed by atoms with Gasteiger partial charge in [-0.1, -0.05) is 11.8 Å². The first-order chi connectivity index (χ1) is 13.1. The zero-order valence-electron chi connectivity index (χ0n) is 15.3. The van der Waals surface area contributed by atoms with Gasteiger partial charge in [-0.3, -0.25) is 14.7 Å². The third-order valence-electron chi connectivity index (χ3n) is 4.54. The van der Waals surface area contributed by atoms with Gasteiger partial charge in [-0.15, -0.1) is 5.10 Å². The van der Waals surface area contributed by atoms with Gasteiger partial charge >= 0.3 is 5.97 Å². The van der Waals surface area contributed by atoms with Gasteiger partial charge in [-0.25, -0.2) is 4.98 Å². The second-order valence-electron chi connectivity index (χ2n) is 6.16. The molecule has 1 saturated heterocycles. The number of H-pyrrole nitrogens is 1. The van der Waals surface area contributed by atoms with Crippen molar-refractivity contribution < 1.29 is 19.1 Å². The third-order valence-corrected chi connectivity index (χ3v) is 5.37. The Bertz CT molecular complexity index is 785. The molecule has 2 aromatic rings. The Morgan fingerprint density at radius 3 is 2.56 bits per heavy atom. The summed E-state index contributed by atoms with van der Waals surface area (Å²) in [5, 5.41) is 7.58. The van der Waals surface area contributed by atoms with E-state index in [1.165, 1.54) is 18.9 Å². The molecule has 0 aliphatic carbocycles. The first-order valence-electron chi connectivity index (χ1n) is 8.66. The van der Waals surface area contributed by atoms with E-state index in [1.807, 2.05) is 24.3 Å². The van der Waals surface area contributed by atoms with Crippen LogP contribution in [0.15, 0.2) is 29.4 Å². The lowest BCUT2D eigenvalue weighted by atomic mass is 9.97. The van der Waals surface area contributed by atoms with E-state index >= 15 is 0 Å². The molecule has 1 aliphatic heterocycles. The maximum atomic E-state index is 12.4. The lowest BCUT2D eigenvalue weighted by Gasteiger charge is -2.30. The Kier molecular flexibility index (Phi) is 6.33. The number of likely N-dealkylation sites (tertiary alicyclic amines) is 1. The molecule has 0 bridgehead atoms. The molecule has 27 heavy (non-hydrogen) atoms. The van der Waals surface area contributed by atoms with Crippen molar-refractivity contribution in [1.82, 2.24) is 20.1 Å². The van der Waals surface area contributed by atoms with Crippen molar-refractivity contribution >= 4 is 23.6 Å². The molecule has 0 atom stereocenters. The molecule has 3 rings (SSSR count). The molecule has 0 unspecified atom stereocenters. The summed E-state index contributed by atoms with van der Waals surface area (Å²) in [6.45, 7) is 1.15. The van der Waals surface area contributed by atoms with Gasteiger partial charge < -0.3 is 14.4 Å². The van der Waals surface area contributed by atoms with Crippen LogP contribution in [0, 0.1) is 5.92 Å². The number of piperidine rings is 1. The molecule has 2 heterocycles. The number of methoxy groups -OCH3 is 2. The number of carbonyl (C=O) groups excluding carboxylic acids is 2. The minimum atomic E-state index is -0.191. The first-order valence-corrected chi connectivity index (χ1v) is 9.64. The normalized spacial score (nSPS) is 14.8. The van der Waals surface area contributed by atoms with Crippen molar-refractivity contribution in [2.45, 2.75) is 18.0 Å². The largest absolute Gasteiger partial charge is 0.497 e. The van der Waals surface area contributed by atoms with Gasteiger partial charge in [0.15, 0.2) is 5.82 Å². The monoisotopic (exact) mass is 390 g/mol. The maximum absolute atomic E-state index is 12.4. The molecule has 0 radical (unpaired) electrons. The van der Waals surface area contributed by atoms with E-state index in [0.717, 1.165) is 11.3 Å². The van der Waals surface area contributed by atoms with Gasteiger partial charge in [0.25, 0.3) is 0 Å². The summed E-state index contributed by atoms with van der Waals surface area (Å²) >= 11 is 1.30. The van der Waals surface area contributed by atoms with Crippen LogP contribution in [0.5, 0.6) is 5.75 Å². The highest BCUT2D eigenvalue weighted by molar-refractivity contribution is 7.99. The number of hydrogen-bond donors (Lipinski definition) is 1. The molecular formula is C18H22N4O4S. The van der Waals surface area contributed by atoms with E-state index in [-0.39, 0.29) is 23.5 Å². The van der Waals surface area contributed by atoms with Gasteiger partial charge in [0.2, 0.25) is 11.1 Å². The lowest BCUT2D eigenvalue weighted by Crippen LogP contribution is -2.41. The van der Waals surface area contributed by atoms with Crippen molar-refractivity contribution in [1.29, 1.82) is 0 Å². The van der Waals surface area contributed by atoms with Crippen molar-refractivity contribution in [3.8, 4) is 17.1 Å². The van der Waals surface area contributed by atoms with E-state index in [2.05, 4.69) is 15.2 Å². The number of hydrogen-bond acceptors (Lipinski definition) is 7. The number of amides is 1. The van der Waals surface area contributed by atoms with Gasteiger partial charge in [0, 0.05) is 18.7 Å². The predicted molar refractivity (Wildman–Crippen MR) is 100 cm³/mol. The smallest absolute Gasteiger partial charge is 0.308 e. The highest BCUT2D eigenvalue weighted by Gasteiger charge is 2.27. The lowest BCUT2D eigenvalue weighted by molar-refractivity contribution is -0.148. The van der Waals surface area contributed by atoms with E-state index in [9.17, 15) is 9.59 Å². The molecule has 144 valence electrons. The van der Waals surface area contributed by atoms with Crippen molar-refractivity contribution in [2.75, 3.05) is 33.1 Å². The van der Waals surface area contributed by atoms with Gasteiger partial charge in [-0.2, -0.15) is 0 Å². The number of carbonyl (C=O) groups is 2. The Morgan fingerprint density at radius 1 is 1.22 bits per heavy atom. The van der Waals surface area contributed by atoms with Crippen LogP contribution in [0.1, 0.15) is 12.8 Å². The fourth-order valence-corrected chi connectivity index (χ4v) is 3.64. The maximum Gasteiger partial charge on any atom is 0.308 e. The van der Waals surface area contributed by atoms with E-state index in [0.29, 0.717) is 36.9 Å². The van der Waals surface area contributed by atoms with Gasteiger partial charge in [0.1, 0.15) is 5.75 Å². The summed E-state index contributed by atoms with van der Waals surface area (Å²) in [5.41, 5.74) is 0.895. The number of aromatic nitrogens is 3. The Labute approximate surface area is 161 Å². The zero-order chi connectivity index (χ0) is 19.2. The van der Waals surface area contributed by atoms with E-state index in [4.69, 9.17) is 9.47 Å². The van der Waals surface area contributed by atoms with Crippen LogP contribution in [0.2, 0.25) is 0 Å². The molecule has 0 spiro atoms. The summed E-state index contributed by atoms with van der Waals surface area (Å²) in [4.78, 5) is 30.1. The van der Waals surface area contributed by atoms with E-state index in [1.54, 1.807) is 12.0 Å². The number of thioether (sulfide) groups is 1. The van der Waals surface area contributed by atoms with Crippen LogP contribution in [0.25, 0.3) is 11.4 Å². The number of benzene rings is 1. The average molecular weight is 390 g/mol. The van der Waals surface area contributed by atoms with E-state index < -0.39 is 0 Å². The third kappa shape index (κ3) is 4.79. The minimum absolute atomic E-state index is 0.0270. The minimum Gasteiger partial charge on any atom is -0.497 e. The molecular weight excluding hydrogens is 368 g/mol. The Hall–Kier alpha value is -2.55. The zero-order valence-corrected chi connectivity index (χ0v) is 16.1. The Balaban J connectivity index is 1.49. The van der Waals surface area contributed by atoms with Crippen LogP contribution >= 0.6 is 11.8 Å². The number of rotatable bonds is 6. The summed E-state index contributed by atoms with van der Waals surface area (Å²) in [6, 6.07) is 7.49. The number of aromatic amines is 1. The van der Waals surface area contributed by atoms with Gasteiger partial charge in [-0.05, 0) is 37.1 Å². The summed E-state index contributed by atoms with van der Waals surface area (Å²) in [6.07, 6.45) is 1.29. The molecule has 1 fully saturated rings. The predicted octanol–water partition coefficient (Wildman–Crippen LogP) is 1.98. The van der Waals surface area contributed by atoms with Crippen molar-refractivity contribution in [3.05, 3.63) is 24.3 Å². The molecule has 0 saturated carbocycles. The quantitative estimate of drug-likeness (QED) is 0.595. The van der Waals surface area contributed by atoms with Gasteiger partial charge in [0.05, 0.1) is 25.9 Å². The SMILES string of the molecule is COC(=O)C1CCN(C(=O)CSc2n[nH]c(-c3ccc(OC)cc3)n2)CC1. The molecule has 1 aromatic heterocycles. The molecule has 1 aromatic carbocycles. The fourth-order valence-electron chi connectivity index (χ4n) is 2.94. The number of ether oxygens (including phenoxy) is 2. The fraction of sp³-hybridized carbons (Fsp3) is 0.444. The highest BCUT2D eigenvalue weighted by Crippen LogP contribution is 2.23. The van der Waals surface area contributed by atoms with Crippen LogP contribution in [-0.4, -0.2) is 65.0 Å². The first kappa shape index (κ1) is 19.2. The highest BCUT2D eigenvalue weighted by atomic mass is 32.2. The summed E-state index contributed by atoms with van der Waals surface area (Å²) in [5.74, 6) is 1.41. The van der Waals surface area contributed by atoms with Crippen molar-refractivity contribution in [3.63, 3.8) is 0 Å². The van der Waals surface area contributed by atoms with Crippen molar-refractivity contribution in [2.24, 2.45) is 5.92 Å². The molecule has 1 aliphatic rings. The topological polar surface area (TPSA) is 97.4 Å². The number of esters is 1. The number of nitrogens with one attached hydrogen (secondary N) is 1. The average Bonchev–Trinajstić information content (AvgIpc) is 3.20. The summed E-state index contributed by atoms with van der Waals surface area (Å²) < 4.78 is 9.91. The summed E-state index contributed by atoms with van der Waals surface area (Å²) in [7, 11) is 3.01. The standard InChI is InChI=1S/C18H22N4O4S/c1-25-14-5-3-12(4-6-14)16-19-18(21-20-16)27-11-15(23)22-9-7-13(8-10-22)17(24)26-2/h3-6,13H,7-11H2,1-2H3,(H,19,20,21). The second-order valence-corrected chi connectivity index (χ2v) is 7.10. The Morgan fingerprint density at radius 2 is 1.93 bits per heavy atom. The molecule has 8 nitrogen and oxygen atoms in total. The molecule has 9 heteroatoms. The van der Waals surface area contributed by atoms with Crippen LogP contribution in [0.3, 0.4) is 0 Å².